The predicted octanol–water partition coefficient (Wildman–Crippen LogP) is 4.37. The van der Waals surface area contributed by atoms with Crippen LogP contribution in [-0.2, 0) is 5.75 Å². The number of benzene rings is 1. The molecule has 0 radical (unpaired) electrons. The predicted molar refractivity (Wildman–Crippen MR) is 101 cm³/mol. The maximum Gasteiger partial charge on any atom is 0.240 e. The van der Waals surface area contributed by atoms with Crippen molar-refractivity contribution < 1.29 is 4.42 Å². The zero-order valence-electron chi connectivity index (χ0n) is 14.8. The van der Waals surface area contributed by atoms with Crippen LogP contribution in [0, 0.1) is 27.7 Å². The Hall–Kier alpha value is -2.54. The highest BCUT2D eigenvalue weighted by Gasteiger charge is 2.08. The molecule has 130 valence electrons. The number of hydrogen-bond donors (Lipinski definition) is 2. The summed E-state index contributed by atoms with van der Waals surface area (Å²) in [7, 11) is 0. The highest BCUT2D eigenvalue weighted by molar-refractivity contribution is 7.98. The van der Waals surface area contributed by atoms with Crippen molar-refractivity contribution in [1.82, 2.24) is 15.2 Å². The lowest BCUT2D eigenvalue weighted by Crippen LogP contribution is -1.93. The van der Waals surface area contributed by atoms with E-state index >= 15 is 0 Å². The largest absolute Gasteiger partial charge is 0.460 e. The standard InChI is InChI=1S/C18H21N5OS/c1-11-7-12(2)16(13(3)8-11)10-25-18-20-17(22-23-18)21-19-9-15-6-5-14(4)24-15/h5-9H,10H2,1-4H3,(H2,20,21,22,23)/b19-9+. The molecule has 2 aromatic heterocycles. The Kier molecular flexibility index (Phi) is 5.23. The Morgan fingerprint density at radius 3 is 2.64 bits per heavy atom. The van der Waals surface area contributed by atoms with Gasteiger partial charge in [0.05, 0.1) is 6.21 Å². The number of hydrogen-bond acceptors (Lipinski definition) is 6. The minimum absolute atomic E-state index is 0.499. The van der Waals surface area contributed by atoms with Crippen LogP contribution in [0.4, 0.5) is 5.95 Å². The summed E-state index contributed by atoms with van der Waals surface area (Å²) in [5, 5.41) is 11.8. The lowest BCUT2D eigenvalue weighted by atomic mass is 10.0. The second kappa shape index (κ2) is 7.57. The second-order valence-electron chi connectivity index (χ2n) is 5.95. The summed E-state index contributed by atoms with van der Waals surface area (Å²) in [6.45, 7) is 8.30. The summed E-state index contributed by atoms with van der Waals surface area (Å²) in [4.78, 5) is 4.38. The van der Waals surface area contributed by atoms with Crippen molar-refractivity contribution in [3.8, 4) is 0 Å². The molecule has 0 aliphatic rings. The zero-order chi connectivity index (χ0) is 17.8. The molecule has 2 heterocycles. The Balaban J connectivity index is 1.58. The smallest absolute Gasteiger partial charge is 0.240 e. The average molecular weight is 355 g/mol. The molecule has 6 nitrogen and oxygen atoms in total. The van der Waals surface area contributed by atoms with Gasteiger partial charge in [-0.15, -0.1) is 5.10 Å². The summed E-state index contributed by atoms with van der Waals surface area (Å²) >= 11 is 1.60. The molecule has 3 rings (SSSR count). The molecule has 25 heavy (non-hydrogen) atoms. The normalized spacial score (nSPS) is 11.4. The molecule has 2 N–H and O–H groups in total. The third-order valence-electron chi connectivity index (χ3n) is 3.77. The summed E-state index contributed by atoms with van der Waals surface area (Å²) < 4.78 is 5.41. The number of hydrazone groups is 1. The summed E-state index contributed by atoms with van der Waals surface area (Å²) in [6, 6.07) is 8.16. The van der Waals surface area contributed by atoms with Crippen LogP contribution in [0.1, 0.15) is 33.8 Å². The van der Waals surface area contributed by atoms with Crippen molar-refractivity contribution in [2.24, 2.45) is 5.10 Å². The van der Waals surface area contributed by atoms with Crippen molar-refractivity contribution >= 4 is 23.9 Å². The summed E-state index contributed by atoms with van der Waals surface area (Å²) in [5.41, 5.74) is 8.05. The lowest BCUT2D eigenvalue weighted by molar-refractivity contribution is 0.528. The first kappa shape index (κ1) is 17.3. The average Bonchev–Trinajstić information content (AvgIpc) is 3.15. The molecule has 0 aliphatic heterocycles. The van der Waals surface area contributed by atoms with Gasteiger partial charge in [-0.3, -0.25) is 0 Å². The van der Waals surface area contributed by atoms with E-state index in [2.05, 4.69) is 58.6 Å². The van der Waals surface area contributed by atoms with E-state index in [4.69, 9.17) is 4.42 Å². The molecule has 0 atom stereocenters. The molecule has 1 aromatic carbocycles. The van der Waals surface area contributed by atoms with E-state index in [9.17, 15) is 0 Å². The van der Waals surface area contributed by atoms with E-state index < -0.39 is 0 Å². The monoisotopic (exact) mass is 355 g/mol. The van der Waals surface area contributed by atoms with Crippen LogP contribution in [-0.4, -0.2) is 21.4 Å². The van der Waals surface area contributed by atoms with Gasteiger partial charge in [0.15, 0.2) is 0 Å². The number of thioether (sulfide) groups is 1. The van der Waals surface area contributed by atoms with Crippen LogP contribution in [0.3, 0.4) is 0 Å². The molecule has 3 aromatic rings. The van der Waals surface area contributed by atoms with Gasteiger partial charge in [-0.05, 0) is 56.5 Å². The summed E-state index contributed by atoms with van der Waals surface area (Å²) in [5.74, 6) is 2.87. The van der Waals surface area contributed by atoms with Crippen LogP contribution in [0.15, 0.2) is 38.9 Å². The van der Waals surface area contributed by atoms with Crippen LogP contribution in [0.25, 0.3) is 0 Å². The number of aryl methyl sites for hydroxylation is 4. The van der Waals surface area contributed by atoms with Gasteiger partial charge in [-0.2, -0.15) is 10.1 Å². The summed E-state index contributed by atoms with van der Waals surface area (Å²) in [6.07, 6.45) is 1.60. The van der Waals surface area contributed by atoms with E-state index in [1.54, 1.807) is 18.0 Å². The van der Waals surface area contributed by atoms with Gasteiger partial charge >= 0.3 is 0 Å². The Bertz CT molecular complexity index is 874. The number of aromatic nitrogens is 3. The van der Waals surface area contributed by atoms with Crippen molar-refractivity contribution in [2.45, 2.75) is 38.6 Å². The number of furan rings is 1. The van der Waals surface area contributed by atoms with Gasteiger partial charge in [-0.1, -0.05) is 29.5 Å². The number of H-pyrrole nitrogens is 1. The lowest BCUT2D eigenvalue weighted by Gasteiger charge is -2.09. The minimum atomic E-state index is 0.499. The Morgan fingerprint density at radius 2 is 1.96 bits per heavy atom. The van der Waals surface area contributed by atoms with E-state index in [0.717, 1.165) is 11.5 Å². The van der Waals surface area contributed by atoms with E-state index in [-0.39, 0.29) is 0 Å². The van der Waals surface area contributed by atoms with Gasteiger partial charge in [0, 0.05) is 5.75 Å². The van der Waals surface area contributed by atoms with Crippen molar-refractivity contribution in [3.05, 3.63) is 58.0 Å². The third kappa shape index (κ3) is 4.51. The van der Waals surface area contributed by atoms with Gasteiger partial charge in [0.25, 0.3) is 0 Å². The first-order valence-corrected chi connectivity index (χ1v) is 8.97. The van der Waals surface area contributed by atoms with Crippen molar-refractivity contribution in [1.29, 1.82) is 0 Å². The molecule has 0 saturated heterocycles. The maximum atomic E-state index is 5.41. The number of nitrogens with one attached hydrogen (secondary N) is 2. The number of nitrogens with zero attached hydrogens (tertiary/aromatic N) is 3. The number of rotatable bonds is 6. The minimum Gasteiger partial charge on any atom is -0.460 e. The van der Waals surface area contributed by atoms with E-state index in [0.29, 0.717) is 16.9 Å². The van der Waals surface area contributed by atoms with Gasteiger partial charge in [-0.25, -0.2) is 10.5 Å². The van der Waals surface area contributed by atoms with Crippen LogP contribution < -0.4 is 5.43 Å². The molecule has 0 saturated carbocycles. The van der Waals surface area contributed by atoms with Gasteiger partial charge in [0.1, 0.15) is 11.5 Å². The highest BCUT2D eigenvalue weighted by atomic mass is 32.2. The first-order chi connectivity index (χ1) is 12.0. The fourth-order valence-corrected chi connectivity index (χ4v) is 3.61. The molecule has 0 aliphatic carbocycles. The molecule has 0 fully saturated rings. The molecule has 7 heteroatoms. The Labute approximate surface area is 151 Å². The molecular formula is C18H21N5OS. The Morgan fingerprint density at radius 1 is 1.20 bits per heavy atom. The topological polar surface area (TPSA) is 79.1 Å². The van der Waals surface area contributed by atoms with Gasteiger partial charge in [0.2, 0.25) is 11.1 Å². The van der Waals surface area contributed by atoms with Crippen molar-refractivity contribution in [2.75, 3.05) is 5.43 Å². The maximum absolute atomic E-state index is 5.41. The highest BCUT2D eigenvalue weighted by Crippen LogP contribution is 2.25. The second-order valence-corrected chi connectivity index (χ2v) is 6.89. The SMILES string of the molecule is Cc1cc(C)c(CSc2n[nH]c(N/N=C/c3ccc(C)o3)n2)c(C)c1. The number of anilines is 1. The van der Waals surface area contributed by atoms with E-state index in [1.165, 1.54) is 22.3 Å². The number of aromatic amines is 1. The first-order valence-electron chi connectivity index (χ1n) is 7.98. The molecule has 0 amide bonds. The van der Waals surface area contributed by atoms with Crippen molar-refractivity contribution in [3.63, 3.8) is 0 Å². The quantitative estimate of drug-likeness (QED) is 0.390. The van der Waals surface area contributed by atoms with Crippen LogP contribution in [0.2, 0.25) is 0 Å². The van der Waals surface area contributed by atoms with Crippen LogP contribution in [0.5, 0.6) is 0 Å². The molecular weight excluding hydrogens is 334 g/mol. The fraction of sp³-hybridized carbons (Fsp3) is 0.278. The molecule has 0 unspecified atom stereocenters. The van der Waals surface area contributed by atoms with E-state index in [1.807, 2.05) is 19.1 Å². The molecule has 0 bridgehead atoms. The third-order valence-corrected chi connectivity index (χ3v) is 4.65. The molecule has 0 spiro atoms. The van der Waals surface area contributed by atoms with Gasteiger partial charge < -0.3 is 4.42 Å². The fourth-order valence-electron chi connectivity index (χ4n) is 2.62. The zero-order valence-corrected chi connectivity index (χ0v) is 15.6. The van der Waals surface area contributed by atoms with Crippen LogP contribution >= 0.6 is 11.8 Å².